The molecule has 2 bridgehead atoms. The fourth-order valence-corrected chi connectivity index (χ4v) is 4.34. The van der Waals surface area contributed by atoms with Crippen LogP contribution in [0.1, 0.15) is 23.2 Å². The maximum atomic E-state index is 12.8. The summed E-state index contributed by atoms with van der Waals surface area (Å²) < 4.78 is 0. The molecule has 2 amide bonds. The van der Waals surface area contributed by atoms with Crippen molar-refractivity contribution >= 4 is 35.1 Å². The molecule has 0 radical (unpaired) electrons. The highest BCUT2D eigenvalue weighted by Gasteiger charge is 2.56. The van der Waals surface area contributed by atoms with Gasteiger partial charge in [0.1, 0.15) is 0 Å². The van der Waals surface area contributed by atoms with Gasteiger partial charge in [0.25, 0.3) is 0 Å². The second kappa shape index (κ2) is 4.93. The number of halogens is 1. The van der Waals surface area contributed by atoms with Gasteiger partial charge in [0.05, 0.1) is 28.1 Å². The van der Waals surface area contributed by atoms with Crippen LogP contribution in [0.2, 0.25) is 5.02 Å². The summed E-state index contributed by atoms with van der Waals surface area (Å²) in [5, 5.41) is 9.27. The molecule has 1 saturated heterocycles. The molecule has 118 valence electrons. The van der Waals surface area contributed by atoms with Crippen LogP contribution in [0.3, 0.4) is 0 Å². The van der Waals surface area contributed by atoms with Gasteiger partial charge in [-0.3, -0.25) is 9.59 Å². The molecule has 1 N–H and O–H groups in total. The Balaban J connectivity index is 1.76. The van der Waals surface area contributed by atoms with Crippen LogP contribution in [0.25, 0.3) is 0 Å². The molecule has 6 heteroatoms. The van der Waals surface area contributed by atoms with Crippen LogP contribution in [0.4, 0.5) is 5.69 Å². The monoisotopic (exact) mass is 331 g/mol. The Bertz CT molecular complexity index is 740. The van der Waals surface area contributed by atoms with Crippen LogP contribution >= 0.6 is 11.6 Å². The number of hydrogen-bond donors (Lipinski definition) is 1. The van der Waals surface area contributed by atoms with Gasteiger partial charge < -0.3 is 5.11 Å². The summed E-state index contributed by atoms with van der Waals surface area (Å²) in [6.45, 7) is 0. The van der Waals surface area contributed by atoms with E-state index in [-0.39, 0.29) is 51.8 Å². The predicted octanol–water partition coefficient (Wildman–Crippen LogP) is 2.74. The van der Waals surface area contributed by atoms with E-state index >= 15 is 0 Å². The van der Waals surface area contributed by atoms with E-state index in [9.17, 15) is 19.5 Å². The molecular weight excluding hydrogens is 318 g/mol. The van der Waals surface area contributed by atoms with E-state index in [4.69, 9.17) is 11.6 Å². The molecule has 23 heavy (non-hydrogen) atoms. The molecule has 1 aliphatic heterocycles. The van der Waals surface area contributed by atoms with Crippen LogP contribution in [-0.2, 0) is 9.59 Å². The van der Waals surface area contributed by atoms with Gasteiger partial charge >= 0.3 is 5.97 Å². The smallest absolute Gasteiger partial charge is 0.337 e. The van der Waals surface area contributed by atoms with Crippen molar-refractivity contribution in [2.45, 2.75) is 12.8 Å². The number of anilines is 1. The SMILES string of the molecule is O=C(O)c1cc(N2C(=O)[C@@H]3[C@H](C2=O)[C@@H]2C=C[C@H]3CC2)ccc1Cl. The van der Waals surface area contributed by atoms with Gasteiger partial charge in [-0.2, -0.15) is 0 Å². The molecule has 2 fully saturated rings. The summed E-state index contributed by atoms with van der Waals surface area (Å²) in [7, 11) is 0. The first kappa shape index (κ1) is 14.5. The van der Waals surface area contributed by atoms with E-state index in [1.165, 1.54) is 18.2 Å². The molecule has 3 aliphatic carbocycles. The molecule has 1 heterocycles. The zero-order chi connectivity index (χ0) is 16.3. The van der Waals surface area contributed by atoms with E-state index in [0.717, 1.165) is 17.7 Å². The van der Waals surface area contributed by atoms with Crippen molar-refractivity contribution in [1.29, 1.82) is 0 Å². The molecule has 0 aromatic heterocycles. The second-order valence-electron chi connectivity index (χ2n) is 6.32. The number of rotatable bonds is 2. The summed E-state index contributed by atoms with van der Waals surface area (Å²) >= 11 is 5.87. The number of benzene rings is 1. The van der Waals surface area contributed by atoms with E-state index in [1.54, 1.807) is 0 Å². The number of nitrogens with zero attached hydrogens (tertiary/aromatic N) is 1. The largest absolute Gasteiger partial charge is 0.478 e. The molecule has 4 aliphatic rings. The summed E-state index contributed by atoms with van der Waals surface area (Å²) in [5.41, 5.74) is 0.177. The fourth-order valence-electron chi connectivity index (χ4n) is 4.14. The van der Waals surface area contributed by atoms with E-state index in [1.807, 2.05) is 0 Å². The fraction of sp³-hybridized carbons (Fsp3) is 0.353. The number of aromatic carboxylic acids is 1. The van der Waals surface area contributed by atoms with Crippen molar-refractivity contribution in [2.24, 2.45) is 23.7 Å². The third kappa shape index (κ3) is 1.96. The summed E-state index contributed by atoms with van der Waals surface area (Å²) in [6.07, 6.45) is 5.95. The van der Waals surface area contributed by atoms with Crippen molar-refractivity contribution < 1.29 is 19.5 Å². The molecule has 0 spiro atoms. The molecule has 4 atom stereocenters. The topological polar surface area (TPSA) is 74.7 Å². The Morgan fingerprint density at radius 2 is 1.65 bits per heavy atom. The number of fused-ring (bicyclic) bond motifs is 1. The zero-order valence-corrected chi connectivity index (χ0v) is 12.9. The van der Waals surface area contributed by atoms with Crippen LogP contribution < -0.4 is 4.90 Å². The number of carboxylic acid groups (broad SMARTS) is 1. The van der Waals surface area contributed by atoms with Gasteiger partial charge in [-0.1, -0.05) is 23.8 Å². The Labute approximate surface area is 137 Å². The first-order valence-corrected chi connectivity index (χ1v) is 7.96. The standard InChI is InChI=1S/C17H14ClNO4/c18-12-6-5-10(7-11(12)17(22)23)19-15(20)13-8-1-2-9(4-3-8)14(13)16(19)21/h1-2,5-9,13-14H,3-4H2,(H,22,23)/t8-,9+,13-,14+. The summed E-state index contributed by atoms with van der Waals surface area (Å²) in [5.74, 6) is -2.04. The molecular formula is C17H14ClNO4. The molecule has 1 aromatic carbocycles. The van der Waals surface area contributed by atoms with Crippen LogP contribution in [0, 0.1) is 23.7 Å². The Morgan fingerprint density at radius 1 is 1.09 bits per heavy atom. The predicted molar refractivity (Wildman–Crippen MR) is 83.2 cm³/mol. The normalized spacial score (nSPS) is 31.6. The van der Waals surface area contributed by atoms with Crippen molar-refractivity contribution in [1.82, 2.24) is 0 Å². The van der Waals surface area contributed by atoms with Crippen LogP contribution in [0.5, 0.6) is 0 Å². The second-order valence-corrected chi connectivity index (χ2v) is 6.73. The van der Waals surface area contributed by atoms with Gasteiger partial charge in [0.15, 0.2) is 0 Å². The third-order valence-corrected chi connectivity index (χ3v) is 5.53. The number of amides is 2. The van der Waals surface area contributed by atoms with E-state index < -0.39 is 5.97 Å². The van der Waals surface area contributed by atoms with E-state index in [2.05, 4.69) is 12.2 Å². The maximum absolute atomic E-state index is 12.8. The lowest BCUT2D eigenvalue weighted by atomic mass is 9.63. The van der Waals surface area contributed by atoms with Crippen molar-refractivity contribution in [3.63, 3.8) is 0 Å². The van der Waals surface area contributed by atoms with E-state index in [0.29, 0.717) is 0 Å². The van der Waals surface area contributed by atoms with Crippen molar-refractivity contribution in [3.8, 4) is 0 Å². The quantitative estimate of drug-likeness (QED) is 0.668. The zero-order valence-electron chi connectivity index (χ0n) is 12.1. The Kier molecular flexibility index (Phi) is 3.10. The Morgan fingerprint density at radius 3 is 2.13 bits per heavy atom. The average molecular weight is 332 g/mol. The lowest BCUT2D eigenvalue weighted by Gasteiger charge is -2.38. The first-order valence-electron chi connectivity index (χ1n) is 7.58. The van der Waals surface area contributed by atoms with Gasteiger partial charge in [-0.05, 0) is 42.9 Å². The lowest BCUT2D eigenvalue weighted by Crippen LogP contribution is -2.38. The molecule has 5 rings (SSSR count). The molecule has 5 nitrogen and oxygen atoms in total. The summed E-state index contributed by atoms with van der Waals surface area (Å²) in [6, 6.07) is 4.24. The maximum Gasteiger partial charge on any atom is 0.337 e. The first-order chi connectivity index (χ1) is 11.0. The number of carbonyl (C=O) groups is 3. The minimum atomic E-state index is -1.19. The third-order valence-electron chi connectivity index (χ3n) is 5.20. The van der Waals surface area contributed by atoms with Crippen molar-refractivity contribution in [2.75, 3.05) is 4.90 Å². The van der Waals surface area contributed by atoms with Gasteiger partial charge in [0.2, 0.25) is 11.8 Å². The minimum absolute atomic E-state index is 0.0829. The number of carbonyl (C=O) groups excluding carboxylic acids is 2. The lowest BCUT2D eigenvalue weighted by molar-refractivity contribution is -0.124. The van der Waals surface area contributed by atoms with Gasteiger partial charge in [-0.15, -0.1) is 0 Å². The highest BCUT2D eigenvalue weighted by Crippen LogP contribution is 2.50. The molecule has 0 unspecified atom stereocenters. The Hall–Kier alpha value is -2.14. The van der Waals surface area contributed by atoms with Crippen LogP contribution in [-0.4, -0.2) is 22.9 Å². The number of hydrogen-bond acceptors (Lipinski definition) is 3. The number of allylic oxidation sites excluding steroid dienone is 2. The number of carboxylic acids is 1. The molecule has 1 saturated carbocycles. The number of imide groups is 1. The van der Waals surface area contributed by atoms with Gasteiger partial charge in [0, 0.05) is 0 Å². The van der Waals surface area contributed by atoms with Gasteiger partial charge in [-0.25, -0.2) is 9.69 Å². The minimum Gasteiger partial charge on any atom is -0.478 e. The highest BCUT2D eigenvalue weighted by atomic mass is 35.5. The van der Waals surface area contributed by atoms with Crippen LogP contribution in [0.15, 0.2) is 30.4 Å². The summed E-state index contributed by atoms with van der Waals surface area (Å²) in [4.78, 5) is 38.0. The molecule has 1 aromatic rings. The highest BCUT2D eigenvalue weighted by molar-refractivity contribution is 6.34. The average Bonchev–Trinajstić information content (AvgIpc) is 2.83. The van der Waals surface area contributed by atoms with Crippen molar-refractivity contribution in [3.05, 3.63) is 40.9 Å².